The molecule has 1 atom stereocenters. The molecule has 1 unspecified atom stereocenters. The van der Waals surface area contributed by atoms with Crippen LogP contribution < -0.4 is 0 Å². The van der Waals surface area contributed by atoms with Crippen molar-refractivity contribution in [3.8, 4) is 0 Å². The smallest absolute Gasteiger partial charge is 0.356 e. The predicted octanol–water partition coefficient (Wildman–Crippen LogP) is -0.171. The van der Waals surface area contributed by atoms with Crippen LogP contribution in [0.5, 0.6) is 0 Å². The Morgan fingerprint density at radius 1 is 1.82 bits per heavy atom. The number of hydrogen-bond acceptors (Lipinski definition) is 4. The van der Waals surface area contributed by atoms with Crippen molar-refractivity contribution in [3.05, 3.63) is 0 Å². The molecule has 0 aliphatic heterocycles. The maximum absolute atomic E-state index is 10.3. The lowest BCUT2D eigenvalue weighted by Gasteiger charge is -2.04. The molecule has 64 valence electrons. The van der Waals surface area contributed by atoms with E-state index in [9.17, 15) is 4.79 Å². The molecule has 0 saturated carbocycles. The van der Waals surface area contributed by atoms with Gasteiger partial charge in [0, 0.05) is 5.33 Å². The zero-order valence-corrected chi connectivity index (χ0v) is 7.41. The summed E-state index contributed by atoms with van der Waals surface area (Å²) in [4.78, 5) is 14.5. The topological polar surface area (TPSA) is 79.1 Å². The minimum atomic E-state index is -1.29. The van der Waals surface area contributed by atoms with E-state index in [0.717, 1.165) is 0 Å². The molecule has 0 aliphatic rings. The van der Waals surface area contributed by atoms with Crippen LogP contribution in [0.15, 0.2) is 5.16 Å². The number of nitrogens with zero attached hydrogens (tertiary/aromatic N) is 1. The summed E-state index contributed by atoms with van der Waals surface area (Å²) in [6.07, 6.45) is -1.15. The lowest BCUT2D eigenvalue weighted by Crippen LogP contribution is -2.29. The summed E-state index contributed by atoms with van der Waals surface area (Å²) in [7, 11) is 1.21. The van der Waals surface area contributed by atoms with E-state index in [2.05, 4.69) is 25.9 Å². The van der Waals surface area contributed by atoms with Crippen molar-refractivity contribution in [1.82, 2.24) is 0 Å². The number of aliphatic hydroxyl groups is 1. The first kappa shape index (κ1) is 10.4. The van der Waals surface area contributed by atoms with Crippen molar-refractivity contribution in [2.75, 3.05) is 12.4 Å². The van der Waals surface area contributed by atoms with Gasteiger partial charge in [-0.2, -0.15) is 0 Å². The molecule has 0 heterocycles. The maximum atomic E-state index is 10.3. The van der Waals surface area contributed by atoms with E-state index >= 15 is 0 Å². The zero-order valence-electron chi connectivity index (χ0n) is 5.82. The molecule has 0 amide bonds. The Balaban J connectivity index is 4.34. The van der Waals surface area contributed by atoms with E-state index in [-0.39, 0.29) is 5.33 Å². The Morgan fingerprint density at radius 2 is 2.36 bits per heavy atom. The van der Waals surface area contributed by atoms with Gasteiger partial charge in [0.2, 0.25) is 0 Å². The van der Waals surface area contributed by atoms with Gasteiger partial charge in [-0.15, -0.1) is 0 Å². The molecule has 6 heteroatoms. The third kappa shape index (κ3) is 3.33. The highest BCUT2D eigenvalue weighted by Crippen LogP contribution is 1.95. The van der Waals surface area contributed by atoms with Crippen LogP contribution in [0.1, 0.15) is 0 Å². The van der Waals surface area contributed by atoms with Crippen molar-refractivity contribution >= 4 is 27.6 Å². The van der Waals surface area contributed by atoms with Gasteiger partial charge in [0.1, 0.15) is 13.2 Å². The van der Waals surface area contributed by atoms with Crippen LogP contribution in [0.25, 0.3) is 0 Å². The first-order chi connectivity index (χ1) is 5.13. The van der Waals surface area contributed by atoms with E-state index in [0.29, 0.717) is 0 Å². The fourth-order valence-corrected chi connectivity index (χ4v) is 0.720. The quantitative estimate of drug-likeness (QED) is 0.396. The number of halogens is 1. The summed E-state index contributed by atoms with van der Waals surface area (Å²) in [6.45, 7) is 0. The largest absolute Gasteiger partial charge is 0.477 e. The number of oxime groups is 1. The molecule has 0 fully saturated rings. The minimum Gasteiger partial charge on any atom is -0.477 e. The summed E-state index contributed by atoms with van der Waals surface area (Å²) < 4.78 is 0. The van der Waals surface area contributed by atoms with Crippen LogP contribution in [0.2, 0.25) is 0 Å². The maximum Gasteiger partial charge on any atom is 0.356 e. The first-order valence-electron chi connectivity index (χ1n) is 2.71. The van der Waals surface area contributed by atoms with Crippen molar-refractivity contribution in [2.24, 2.45) is 5.16 Å². The second kappa shape index (κ2) is 5.09. The molecule has 0 bridgehead atoms. The minimum absolute atomic E-state index is 0.113. The van der Waals surface area contributed by atoms with E-state index in [1.165, 1.54) is 7.11 Å². The molecule has 0 spiro atoms. The Morgan fingerprint density at radius 3 is 2.64 bits per heavy atom. The molecule has 5 nitrogen and oxygen atoms in total. The molecule has 0 aromatic rings. The SMILES string of the molecule is CON=C(C(=O)O)C(O)CBr. The van der Waals surface area contributed by atoms with Gasteiger partial charge in [-0.25, -0.2) is 4.79 Å². The number of carbonyl (C=O) groups is 1. The highest BCUT2D eigenvalue weighted by Gasteiger charge is 2.19. The highest BCUT2D eigenvalue weighted by molar-refractivity contribution is 9.09. The Labute approximate surface area is 71.8 Å². The van der Waals surface area contributed by atoms with Gasteiger partial charge in [0.15, 0.2) is 5.71 Å². The second-order valence-electron chi connectivity index (χ2n) is 1.63. The predicted molar refractivity (Wildman–Crippen MR) is 41.9 cm³/mol. The fraction of sp³-hybridized carbons (Fsp3) is 0.600. The van der Waals surface area contributed by atoms with Crippen LogP contribution in [-0.2, 0) is 9.63 Å². The van der Waals surface area contributed by atoms with Gasteiger partial charge in [-0.1, -0.05) is 21.1 Å². The summed E-state index contributed by atoms with van der Waals surface area (Å²) in [5.74, 6) is -1.29. The molecule has 0 saturated heterocycles. The van der Waals surface area contributed by atoms with Gasteiger partial charge in [0.25, 0.3) is 0 Å². The molecule has 0 aromatic carbocycles. The second-order valence-corrected chi connectivity index (χ2v) is 2.28. The van der Waals surface area contributed by atoms with Gasteiger partial charge in [-0.3, -0.25) is 0 Å². The number of aliphatic hydroxyl groups excluding tert-OH is 1. The van der Waals surface area contributed by atoms with Crippen LogP contribution in [0, 0.1) is 0 Å². The van der Waals surface area contributed by atoms with Crippen molar-refractivity contribution in [1.29, 1.82) is 0 Å². The third-order valence-corrected chi connectivity index (χ3v) is 1.48. The summed E-state index contributed by atoms with van der Waals surface area (Å²) in [5.41, 5.74) is -0.413. The Kier molecular flexibility index (Phi) is 4.80. The van der Waals surface area contributed by atoms with E-state index in [1.54, 1.807) is 0 Å². The average Bonchev–Trinajstić information content (AvgIpc) is 1.98. The number of alkyl halides is 1. The van der Waals surface area contributed by atoms with E-state index in [1.807, 2.05) is 0 Å². The van der Waals surface area contributed by atoms with Gasteiger partial charge < -0.3 is 15.1 Å². The van der Waals surface area contributed by atoms with Crippen LogP contribution >= 0.6 is 15.9 Å². The lowest BCUT2D eigenvalue weighted by molar-refractivity contribution is -0.130. The monoisotopic (exact) mass is 225 g/mol. The molecule has 0 rings (SSSR count). The first-order valence-corrected chi connectivity index (χ1v) is 3.84. The fourth-order valence-electron chi connectivity index (χ4n) is 0.414. The van der Waals surface area contributed by atoms with Crippen LogP contribution in [0.3, 0.4) is 0 Å². The van der Waals surface area contributed by atoms with Gasteiger partial charge in [0.05, 0.1) is 0 Å². The van der Waals surface area contributed by atoms with Crippen LogP contribution in [-0.4, -0.2) is 40.4 Å². The third-order valence-electron chi connectivity index (χ3n) is 0.871. The zero-order chi connectivity index (χ0) is 8.85. The standard InChI is InChI=1S/C5H8BrNO4/c1-11-7-4(5(9)10)3(8)2-6/h3,8H,2H2,1H3,(H,9,10). The molecular weight excluding hydrogens is 218 g/mol. The summed E-state index contributed by atoms with van der Waals surface area (Å²) in [6, 6.07) is 0. The van der Waals surface area contributed by atoms with Crippen LogP contribution in [0.4, 0.5) is 0 Å². The van der Waals surface area contributed by atoms with Gasteiger partial charge in [-0.05, 0) is 0 Å². The number of carboxylic acids is 1. The molecule has 0 aliphatic carbocycles. The van der Waals surface area contributed by atoms with E-state index < -0.39 is 17.8 Å². The Hall–Kier alpha value is -0.620. The Bertz CT molecular complexity index is 170. The van der Waals surface area contributed by atoms with Crippen molar-refractivity contribution < 1.29 is 19.8 Å². The number of rotatable bonds is 4. The summed E-state index contributed by atoms with van der Waals surface area (Å²) >= 11 is 2.90. The van der Waals surface area contributed by atoms with Gasteiger partial charge >= 0.3 is 5.97 Å². The number of carboxylic acid groups (broad SMARTS) is 1. The van der Waals surface area contributed by atoms with Crippen molar-refractivity contribution in [2.45, 2.75) is 6.10 Å². The molecule has 0 aromatic heterocycles. The normalized spacial score (nSPS) is 14.3. The lowest BCUT2D eigenvalue weighted by atomic mass is 10.2. The molecule has 2 N–H and O–H groups in total. The summed E-state index contributed by atoms with van der Waals surface area (Å²) in [5, 5.41) is 20.6. The number of aliphatic carboxylic acids is 1. The molecule has 11 heavy (non-hydrogen) atoms. The average molecular weight is 226 g/mol. The van der Waals surface area contributed by atoms with Crippen molar-refractivity contribution in [3.63, 3.8) is 0 Å². The molecular formula is C5H8BrNO4. The highest BCUT2D eigenvalue weighted by atomic mass is 79.9. The molecule has 0 radical (unpaired) electrons. The van der Waals surface area contributed by atoms with E-state index in [4.69, 9.17) is 10.2 Å². The number of hydrogen-bond donors (Lipinski definition) is 2.